The number of nitrogens with one attached hydrogen (secondary N) is 1. The van der Waals surface area contributed by atoms with Crippen molar-refractivity contribution in [3.63, 3.8) is 0 Å². The Labute approximate surface area is 119 Å². The number of carboxylic acid groups (broad SMARTS) is 2. The highest BCUT2D eigenvalue weighted by Gasteiger charge is 2.19. The van der Waals surface area contributed by atoms with Crippen LogP contribution in [0.1, 0.15) is 22.6 Å². The van der Waals surface area contributed by atoms with Crippen LogP contribution in [-0.2, 0) is 14.4 Å². The van der Waals surface area contributed by atoms with E-state index in [1.807, 2.05) is 19.1 Å². The van der Waals surface area contributed by atoms with Gasteiger partial charge in [-0.15, -0.1) is 11.3 Å². The largest absolute Gasteiger partial charge is 0.481 e. The van der Waals surface area contributed by atoms with E-state index in [2.05, 4.69) is 5.32 Å². The monoisotopic (exact) mass is 297 g/mol. The first-order valence-electron chi connectivity index (χ1n) is 5.88. The zero-order valence-corrected chi connectivity index (χ0v) is 11.6. The molecule has 108 valence electrons. The minimum atomic E-state index is -1.25. The van der Waals surface area contributed by atoms with Crippen LogP contribution in [0.25, 0.3) is 6.08 Å². The first-order chi connectivity index (χ1) is 9.38. The number of rotatable bonds is 7. The molecule has 0 fully saturated rings. The summed E-state index contributed by atoms with van der Waals surface area (Å²) in [4.78, 5) is 34.9. The number of amides is 1. The summed E-state index contributed by atoms with van der Waals surface area (Å²) in [6.45, 7) is 1.94. The number of thiophene rings is 1. The van der Waals surface area contributed by atoms with Crippen LogP contribution < -0.4 is 5.32 Å². The Balaban J connectivity index is 2.55. The number of carbonyl (C=O) groups excluding carboxylic acids is 1. The van der Waals surface area contributed by atoms with E-state index >= 15 is 0 Å². The number of aryl methyl sites for hydroxylation is 1. The van der Waals surface area contributed by atoms with Gasteiger partial charge in [-0.1, -0.05) is 0 Å². The summed E-state index contributed by atoms with van der Waals surface area (Å²) in [5, 5.41) is 19.7. The van der Waals surface area contributed by atoms with E-state index in [-0.39, 0.29) is 12.8 Å². The highest BCUT2D eigenvalue weighted by molar-refractivity contribution is 7.12. The molecule has 7 heteroatoms. The van der Waals surface area contributed by atoms with Crippen molar-refractivity contribution in [3.8, 4) is 0 Å². The predicted molar refractivity (Wildman–Crippen MR) is 74.5 cm³/mol. The fourth-order valence-corrected chi connectivity index (χ4v) is 2.23. The van der Waals surface area contributed by atoms with Crippen molar-refractivity contribution < 1.29 is 24.6 Å². The molecule has 6 nitrogen and oxygen atoms in total. The molecule has 1 aromatic rings. The molecule has 0 aromatic carbocycles. The van der Waals surface area contributed by atoms with Crippen LogP contribution in [0.5, 0.6) is 0 Å². The molecule has 0 aliphatic carbocycles. The van der Waals surface area contributed by atoms with Crippen molar-refractivity contribution in [1.82, 2.24) is 5.32 Å². The Morgan fingerprint density at radius 3 is 2.55 bits per heavy atom. The highest BCUT2D eigenvalue weighted by Crippen LogP contribution is 2.16. The lowest BCUT2D eigenvalue weighted by molar-refractivity contribution is -0.142. The molecule has 0 aliphatic rings. The van der Waals surface area contributed by atoms with Crippen LogP contribution in [0.4, 0.5) is 0 Å². The molecule has 0 aliphatic heterocycles. The molecule has 0 saturated heterocycles. The van der Waals surface area contributed by atoms with Crippen LogP contribution in [0.3, 0.4) is 0 Å². The van der Waals surface area contributed by atoms with Crippen LogP contribution in [0.2, 0.25) is 0 Å². The average Bonchev–Trinajstić information content (AvgIpc) is 2.77. The second kappa shape index (κ2) is 7.44. The summed E-state index contributed by atoms with van der Waals surface area (Å²) in [7, 11) is 0. The molecule has 0 radical (unpaired) electrons. The molecule has 1 atom stereocenters. The molecule has 0 saturated carbocycles. The quantitative estimate of drug-likeness (QED) is 0.662. The predicted octanol–water partition coefficient (Wildman–Crippen LogP) is 1.50. The van der Waals surface area contributed by atoms with Gasteiger partial charge in [0.2, 0.25) is 5.91 Å². The molecular weight excluding hydrogens is 282 g/mol. The van der Waals surface area contributed by atoms with E-state index in [0.717, 1.165) is 9.75 Å². The molecule has 3 N–H and O–H groups in total. The Hall–Kier alpha value is -2.15. The van der Waals surface area contributed by atoms with E-state index in [4.69, 9.17) is 10.2 Å². The van der Waals surface area contributed by atoms with E-state index in [9.17, 15) is 14.4 Å². The van der Waals surface area contributed by atoms with E-state index in [1.54, 1.807) is 6.08 Å². The van der Waals surface area contributed by atoms with Gasteiger partial charge in [-0.2, -0.15) is 0 Å². The Morgan fingerprint density at radius 2 is 2.05 bits per heavy atom. The summed E-state index contributed by atoms with van der Waals surface area (Å²) in [5.74, 6) is -2.91. The number of hydrogen-bond acceptors (Lipinski definition) is 4. The highest BCUT2D eigenvalue weighted by atomic mass is 32.1. The summed E-state index contributed by atoms with van der Waals surface area (Å²) < 4.78 is 0. The number of carbonyl (C=O) groups is 3. The topological polar surface area (TPSA) is 104 Å². The van der Waals surface area contributed by atoms with E-state index < -0.39 is 23.9 Å². The van der Waals surface area contributed by atoms with Gasteiger partial charge in [0.1, 0.15) is 6.04 Å². The maximum absolute atomic E-state index is 11.6. The zero-order chi connectivity index (χ0) is 15.1. The third-order valence-corrected chi connectivity index (χ3v) is 3.39. The maximum atomic E-state index is 11.6. The van der Waals surface area contributed by atoms with Gasteiger partial charge >= 0.3 is 11.9 Å². The SMILES string of the molecule is Cc1ccc(/C=C/C(=O)NC(CCC(=O)O)C(=O)O)s1. The van der Waals surface area contributed by atoms with Gasteiger partial charge in [-0.25, -0.2) is 4.79 Å². The second-order valence-corrected chi connectivity index (χ2v) is 5.43. The van der Waals surface area contributed by atoms with Crippen LogP contribution in [-0.4, -0.2) is 34.1 Å². The third kappa shape index (κ3) is 5.66. The normalized spacial score (nSPS) is 12.2. The van der Waals surface area contributed by atoms with E-state index in [1.165, 1.54) is 17.4 Å². The van der Waals surface area contributed by atoms with Gasteiger partial charge in [0.05, 0.1) is 0 Å². The van der Waals surface area contributed by atoms with Gasteiger partial charge in [-0.05, 0) is 31.6 Å². The molecule has 1 aromatic heterocycles. The first-order valence-corrected chi connectivity index (χ1v) is 6.69. The van der Waals surface area contributed by atoms with Gasteiger partial charge in [0.15, 0.2) is 0 Å². The smallest absolute Gasteiger partial charge is 0.326 e. The van der Waals surface area contributed by atoms with Crippen LogP contribution >= 0.6 is 11.3 Å². The van der Waals surface area contributed by atoms with Crippen LogP contribution in [0, 0.1) is 6.92 Å². The molecule has 0 spiro atoms. The molecule has 1 unspecified atom stereocenters. The Bertz CT molecular complexity index is 535. The Morgan fingerprint density at radius 1 is 1.35 bits per heavy atom. The summed E-state index contributed by atoms with van der Waals surface area (Å²) in [5.41, 5.74) is 0. The van der Waals surface area contributed by atoms with Crippen LogP contribution in [0.15, 0.2) is 18.2 Å². The summed E-state index contributed by atoms with van der Waals surface area (Å²) >= 11 is 1.51. The lowest BCUT2D eigenvalue weighted by Crippen LogP contribution is -2.40. The minimum absolute atomic E-state index is 0.150. The first kappa shape index (κ1) is 15.9. The summed E-state index contributed by atoms with van der Waals surface area (Å²) in [6, 6.07) is 2.56. The van der Waals surface area contributed by atoms with Gasteiger partial charge in [0.25, 0.3) is 0 Å². The lowest BCUT2D eigenvalue weighted by atomic mass is 10.1. The fraction of sp³-hybridized carbons (Fsp3) is 0.308. The van der Waals surface area contributed by atoms with E-state index in [0.29, 0.717) is 0 Å². The van der Waals surface area contributed by atoms with Crippen molar-refractivity contribution in [2.45, 2.75) is 25.8 Å². The Kier molecular flexibility index (Phi) is 5.92. The van der Waals surface area contributed by atoms with Crippen molar-refractivity contribution in [2.24, 2.45) is 0 Å². The van der Waals surface area contributed by atoms with Gasteiger partial charge in [0, 0.05) is 22.3 Å². The molecule has 1 amide bonds. The standard InChI is InChI=1S/C13H15NO5S/c1-8-2-3-9(20-8)4-6-11(15)14-10(13(18)19)5-7-12(16)17/h2-4,6,10H,5,7H2,1H3,(H,14,15)(H,16,17)(H,18,19)/b6-4+. The van der Waals surface area contributed by atoms with Crippen molar-refractivity contribution >= 4 is 35.3 Å². The third-order valence-electron chi connectivity index (χ3n) is 2.42. The van der Waals surface area contributed by atoms with Gasteiger partial charge in [-0.3, -0.25) is 9.59 Å². The van der Waals surface area contributed by atoms with Gasteiger partial charge < -0.3 is 15.5 Å². The zero-order valence-electron chi connectivity index (χ0n) is 10.8. The molecular formula is C13H15NO5S. The summed E-state index contributed by atoms with van der Waals surface area (Å²) in [6.07, 6.45) is 2.36. The second-order valence-electron chi connectivity index (χ2n) is 4.11. The fourth-order valence-electron chi connectivity index (χ4n) is 1.45. The van der Waals surface area contributed by atoms with Crippen molar-refractivity contribution in [3.05, 3.63) is 28.0 Å². The number of aliphatic carboxylic acids is 2. The van der Waals surface area contributed by atoms with Crippen molar-refractivity contribution in [2.75, 3.05) is 0 Å². The molecule has 20 heavy (non-hydrogen) atoms. The molecule has 1 heterocycles. The molecule has 0 bridgehead atoms. The van der Waals surface area contributed by atoms with Crippen molar-refractivity contribution in [1.29, 1.82) is 0 Å². The maximum Gasteiger partial charge on any atom is 0.326 e. The lowest BCUT2D eigenvalue weighted by Gasteiger charge is -2.11. The molecule has 1 rings (SSSR count). The minimum Gasteiger partial charge on any atom is -0.481 e. The average molecular weight is 297 g/mol. The number of carboxylic acids is 2. The number of hydrogen-bond donors (Lipinski definition) is 3.